The number of para-hydroxylation sites is 2. The van der Waals surface area contributed by atoms with Crippen LogP contribution in [0.3, 0.4) is 0 Å². The number of carbonyl (C=O) groups excluding carboxylic acids is 1. The molecule has 0 amide bonds. The van der Waals surface area contributed by atoms with Crippen LogP contribution in [0.25, 0.3) is 16.9 Å². The average molecular weight is 307 g/mol. The van der Waals surface area contributed by atoms with Crippen LogP contribution in [0.4, 0.5) is 0 Å². The zero-order valence-electron chi connectivity index (χ0n) is 13.1. The van der Waals surface area contributed by atoms with E-state index in [9.17, 15) is 4.79 Å². The number of aromatic nitrogens is 3. The van der Waals surface area contributed by atoms with Crippen molar-refractivity contribution in [2.45, 2.75) is 13.8 Å². The second-order valence-electron chi connectivity index (χ2n) is 5.12. The minimum atomic E-state index is 0.307. The Hall–Kier alpha value is -2.95. The van der Waals surface area contributed by atoms with E-state index in [1.165, 1.54) is 0 Å². The summed E-state index contributed by atoms with van der Waals surface area (Å²) < 4.78 is 7.33. The predicted octanol–water partition coefficient (Wildman–Crippen LogP) is 3.45. The lowest BCUT2D eigenvalue weighted by Gasteiger charge is -2.12. The van der Waals surface area contributed by atoms with Gasteiger partial charge in [0.1, 0.15) is 17.1 Å². The minimum Gasteiger partial charge on any atom is -0.492 e. The maximum Gasteiger partial charge on any atom is 0.172 e. The van der Waals surface area contributed by atoms with Gasteiger partial charge in [0.05, 0.1) is 6.61 Å². The summed E-state index contributed by atoms with van der Waals surface area (Å²) >= 11 is 0. The highest BCUT2D eigenvalue weighted by molar-refractivity contribution is 5.84. The Kier molecular flexibility index (Phi) is 4.19. The van der Waals surface area contributed by atoms with Gasteiger partial charge in [0.2, 0.25) is 0 Å². The van der Waals surface area contributed by atoms with Gasteiger partial charge in [-0.3, -0.25) is 4.79 Å². The molecule has 0 aliphatic carbocycles. The summed E-state index contributed by atoms with van der Waals surface area (Å²) in [5.74, 6) is 0.700. The standard InChI is InChI=1S/C18H17N3O2/c1-3-23-17-10-5-4-9-16(17)21-18(15(12-22)19-20-21)14-8-6-7-13(2)11-14/h4-12H,3H2,1-2H3. The van der Waals surface area contributed by atoms with E-state index in [0.717, 1.165) is 23.1 Å². The minimum absolute atomic E-state index is 0.307. The molecule has 116 valence electrons. The molecule has 2 aromatic carbocycles. The molecule has 0 saturated heterocycles. The molecule has 0 N–H and O–H groups in total. The fourth-order valence-electron chi connectivity index (χ4n) is 2.51. The monoisotopic (exact) mass is 307 g/mol. The molecular weight excluding hydrogens is 290 g/mol. The maximum absolute atomic E-state index is 11.4. The van der Waals surface area contributed by atoms with E-state index in [-0.39, 0.29) is 0 Å². The zero-order valence-corrected chi connectivity index (χ0v) is 13.1. The lowest BCUT2D eigenvalue weighted by molar-refractivity contribution is 0.111. The van der Waals surface area contributed by atoms with Crippen molar-refractivity contribution >= 4 is 6.29 Å². The van der Waals surface area contributed by atoms with Gasteiger partial charge in [-0.05, 0) is 32.0 Å². The molecule has 3 rings (SSSR count). The molecule has 5 heteroatoms. The van der Waals surface area contributed by atoms with Gasteiger partial charge in [-0.25, -0.2) is 4.68 Å². The number of benzene rings is 2. The molecule has 0 unspecified atom stereocenters. The number of hydrogen-bond donors (Lipinski definition) is 0. The third-order valence-electron chi connectivity index (χ3n) is 3.49. The maximum atomic E-state index is 11.4. The van der Waals surface area contributed by atoms with Crippen molar-refractivity contribution in [1.82, 2.24) is 15.0 Å². The van der Waals surface area contributed by atoms with Gasteiger partial charge in [0, 0.05) is 5.56 Å². The zero-order chi connectivity index (χ0) is 16.2. The normalized spacial score (nSPS) is 10.5. The largest absolute Gasteiger partial charge is 0.492 e. The van der Waals surface area contributed by atoms with Crippen molar-refractivity contribution in [3.05, 3.63) is 59.8 Å². The fourth-order valence-corrected chi connectivity index (χ4v) is 2.51. The third kappa shape index (κ3) is 2.85. The SMILES string of the molecule is CCOc1ccccc1-n1nnc(C=O)c1-c1cccc(C)c1. The number of carbonyl (C=O) groups is 1. The summed E-state index contributed by atoms with van der Waals surface area (Å²) in [4.78, 5) is 11.4. The summed E-state index contributed by atoms with van der Waals surface area (Å²) in [6, 6.07) is 15.5. The first kappa shape index (κ1) is 15.0. The molecular formula is C18H17N3O2. The molecule has 0 aliphatic rings. The second-order valence-corrected chi connectivity index (χ2v) is 5.12. The van der Waals surface area contributed by atoms with Crippen molar-refractivity contribution in [2.75, 3.05) is 6.61 Å². The molecule has 0 bridgehead atoms. The molecule has 3 aromatic rings. The Bertz CT molecular complexity index is 840. The molecule has 0 aliphatic heterocycles. The molecule has 23 heavy (non-hydrogen) atoms. The van der Waals surface area contributed by atoms with Gasteiger partial charge < -0.3 is 4.74 Å². The van der Waals surface area contributed by atoms with Crippen LogP contribution >= 0.6 is 0 Å². The van der Waals surface area contributed by atoms with Crippen LogP contribution in [0.5, 0.6) is 5.75 Å². The molecule has 5 nitrogen and oxygen atoms in total. The highest BCUT2D eigenvalue weighted by Gasteiger charge is 2.18. The molecule has 0 spiro atoms. The quantitative estimate of drug-likeness (QED) is 0.677. The smallest absolute Gasteiger partial charge is 0.172 e. The second kappa shape index (κ2) is 6.44. The summed E-state index contributed by atoms with van der Waals surface area (Å²) in [5, 5.41) is 8.17. The van der Waals surface area contributed by atoms with Gasteiger partial charge in [-0.15, -0.1) is 5.10 Å². The van der Waals surface area contributed by atoms with Gasteiger partial charge >= 0.3 is 0 Å². The number of rotatable bonds is 5. The highest BCUT2D eigenvalue weighted by Crippen LogP contribution is 2.29. The Balaban J connectivity index is 2.22. The molecule has 1 aromatic heterocycles. The van der Waals surface area contributed by atoms with Gasteiger partial charge in [0.25, 0.3) is 0 Å². The van der Waals surface area contributed by atoms with Crippen molar-refractivity contribution in [1.29, 1.82) is 0 Å². The molecule has 1 heterocycles. The van der Waals surface area contributed by atoms with E-state index >= 15 is 0 Å². The van der Waals surface area contributed by atoms with E-state index in [4.69, 9.17) is 4.74 Å². The summed E-state index contributed by atoms with van der Waals surface area (Å²) in [5.41, 5.74) is 3.72. The van der Waals surface area contributed by atoms with Gasteiger partial charge in [0.15, 0.2) is 12.0 Å². The first-order chi connectivity index (χ1) is 11.2. The number of aryl methyl sites for hydroxylation is 1. The first-order valence-corrected chi connectivity index (χ1v) is 7.44. The topological polar surface area (TPSA) is 57.0 Å². The van der Waals surface area contributed by atoms with E-state index in [2.05, 4.69) is 10.3 Å². The van der Waals surface area contributed by atoms with Crippen LogP contribution in [0.2, 0.25) is 0 Å². The summed E-state index contributed by atoms with van der Waals surface area (Å²) in [6.07, 6.45) is 0.727. The van der Waals surface area contributed by atoms with E-state index in [1.807, 2.05) is 62.4 Å². The van der Waals surface area contributed by atoms with Crippen molar-refractivity contribution in [3.63, 3.8) is 0 Å². The number of ether oxygens (including phenoxy) is 1. The van der Waals surface area contributed by atoms with Crippen LogP contribution in [0.1, 0.15) is 23.0 Å². The lowest BCUT2D eigenvalue weighted by atomic mass is 10.1. The third-order valence-corrected chi connectivity index (χ3v) is 3.49. The molecule has 0 saturated carbocycles. The number of hydrogen-bond acceptors (Lipinski definition) is 4. The fraction of sp³-hybridized carbons (Fsp3) is 0.167. The number of nitrogens with zero attached hydrogens (tertiary/aromatic N) is 3. The van der Waals surface area contributed by atoms with Crippen LogP contribution in [0.15, 0.2) is 48.5 Å². The Labute approximate surface area is 134 Å². The highest BCUT2D eigenvalue weighted by atomic mass is 16.5. The van der Waals surface area contributed by atoms with Gasteiger partial charge in [-0.2, -0.15) is 0 Å². The Morgan fingerprint density at radius 2 is 2.00 bits per heavy atom. The predicted molar refractivity (Wildman–Crippen MR) is 88.1 cm³/mol. The Morgan fingerprint density at radius 1 is 1.17 bits per heavy atom. The summed E-state index contributed by atoms with van der Waals surface area (Å²) in [6.45, 7) is 4.48. The first-order valence-electron chi connectivity index (χ1n) is 7.44. The van der Waals surface area contributed by atoms with Gasteiger partial charge in [-0.1, -0.05) is 41.1 Å². The van der Waals surface area contributed by atoms with Crippen LogP contribution in [-0.2, 0) is 0 Å². The van der Waals surface area contributed by atoms with Crippen LogP contribution in [-0.4, -0.2) is 27.9 Å². The van der Waals surface area contributed by atoms with E-state index in [1.54, 1.807) is 4.68 Å². The van der Waals surface area contributed by atoms with Crippen molar-refractivity contribution in [3.8, 4) is 22.7 Å². The molecule has 0 fully saturated rings. The van der Waals surface area contributed by atoms with E-state index in [0.29, 0.717) is 23.7 Å². The molecule has 0 radical (unpaired) electrons. The van der Waals surface area contributed by atoms with Crippen molar-refractivity contribution < 1.29 is 9.53 Å². The lowest BCUT2D eigenvalue weighted by Crippen LogP contribution is -2.04. The van der Waals surface area contributed by atoms with E-state index < -0.39 is 0 Å². The van der Waals surface area contributed by atoms with Crippen molar-refractivity contribution in [2.24, 2.45) is 0 Å². The Morgan fingerprint density at radius 3 is 2.74 bits per heavy atom. The molecule has 0 atom stereocenters. The van der Waals surface area contributed by atoms with Crippen LogP contribution < -0.4 is 4.74 Å². The summed E-state index contributed by atoms with van der Waals surface area (Å²) in [7, 11) is 0. The number of aldehydes is 1. The average Bonchev–Trinajstić information content (AvgIpc) is 2.99. The van der Waals surface area contributed by atoms with Crippen LogP contribution in [0, 0.1) is 6.92 Å².